The summed E-state index contributed by atoms with van der Waals surface area (Å²) in [5.74, 6) is -2.27. The van der Waals surface area contributed by atoms with E-state index in [0.717, 1.165) is 0 Å². The van der Waals surface area contributed by atoms with Crippen molar-refractivity contribution < 1.29 is 22.4 Å². The van der Waals surface area contributed by atoms with Crippen molar-refractivity contribution in [1.82, 2.24) is 25.2 Å². The fourth-order valence-electron chi connectivity index (χ4n) is 3.82. The maximum absolute atomic E-state index is 15.0. The molecule has 34 heavy (non-hydrogen) atoms. The first-order chi connectivity index (χ1) is 16.2. The molecule has 12 heteroatoms. The van der Waals surface area contributed by atoms with Crippen LogP contribution >= 0.6 is 0 Å². The molecule has 0 saturated carbocycles. The minimum Gasteiger partial charge on any atom is -0.365 e. The zero-order valence-corrected chi connectivity index (χ0v) is 18.2. The number of alkyl halides is 2. The summed E-state index contributed by atoms with van der Waals surface area (Å²) in [7, 11) is 0. The Labute approximate surface area is 191 Å². The first-order valence-electron chi connectivity index (χ1n) is 10.6. The summed E-state index contributed by atoms with van der Waals surface area (Å²) in [6.45, 7) is 2.90. The molecule has 4 rings (SSSR count). The molecule has 3 aromatic rings. The van der Waals surface area contributed by atoms with E-state index in [4.69, 9.17) is 0 Å². The number of H-pyrrole nitrogens is 1. The number of carbonyl (C=O) groups is 1. The van der Waals surface area contributed by atoms with Crippen LogP contribution in [0, 0.1) is 18.7 Å². The number of carbonyl (C=O) groups excluding carboxylic acids is 1. The predicted octanol–water partition coefficient (Wildman–Crippen LogP) is 2.22. The van der Waals surface area contributed by atoms with Crippen LogP contribution in [-0.2, 0) is 6.54 Å². The number of halogens is 4. The summed E-state index contributed by atoms with van der Waals surface area (Å²) in [4.78, 5) is 37.6. The Kier molecular flexibility index (Phi) is 6.77. The van der Waals surface area contributed by atoms with Crippen LogP contribution in [0.15, 0.2) is 29.1 Å². The number of hydrogen-bond acceptors (Lipinski definition) is 6. The Balaban J connectivity index is 1.40. The minimum atomic E-state index is -2.71. The van der Waals surface area contributed by atoms with Crippen molar-refractivity contribution in [2.24, 2.45) is 0 Å². The van der Waals surface area contributed by atoms with Gasteiger partial charge in [-0.2, -0.15) is 4.39 Å². The van der Waals surface area contributed by atoms with Gasteiger partial charge in [0.15, 0.2) is 5.82 Å². The molecule has 1 aliphatic rings. The standard InChI is InChI=1S/C22H22F4N6O2/c1-12-21(33)30-19-14(28-12)3-2-13(18(19)25)11-31-6-8-32(9-7-31)16-5-4-15(29-20(16)26)22(34)27-10-17(23)24/h2-5,17H,6-11H2,1H3,(H,27,34)(H,30,33). The highest BCUT2D eigenvalue weighted by Gasteiger charge is 2.23. The molecular formula is C22H22F4N6O2. The predicted molar refractivity (Wildman–Crippen MR) is 117 cm³/mol. The topological polar surface area (TPSA) is 94.2 Å². The smallest absolute Gasteiger partial charge is 0.270 e. The van der Waals surface area contributed by atoms with E-state index in [9.17, 15) is 27.2 Å². The van der Waals surface area contributed by atoms with Crippen LogP contribution in [0.5, 0.6) is 0 Å². The molecule has 0 radical (unpaired) electrons. The number of piperazine rings is 1. The van der Waals surface area contributed by atoms with Gasteiger partial charge in [0.2, 0.25) is 5.95 Å². The highest BCUT2D eigenvalue weighted by molar-refractivity contribution is 5.92. The third-order valence-electron chi connectivity index (χ3n) is 5.64. The second-order valence-corrected chi connectivity index (χ2v) is 7.95. The molecule has 2 aromatic heterocycles. The van der Waals surface area contributed by atoms with Crippen molar-refractivity contribution in [1.29, 1.82) is 0 Å². The Bertz CT molecular complexity index is 1270. The molecule has 0 atom stereocenters. The molecule has 3 heterocycles. The van der Waals surface area contributed by atoms with Crippen molar-refractivity contribution >= 4 is 22.6 Å². The molecule has 0 unspecified atom stereocenters. The van der Waals surface area contributed by atoms with Crippen LogP contribution < -0.4 is 15.8 Å². The van der Waals surface area contributed by atoms with Gasteiger partial charge in [-0.3, -0.25) is 14.5 Å². The molecule has 1 aromatic carbocycles. The lowest BCUT2D eigenvalue weighted by Crippen LogP contribution is -2.46. The van der Waals surface area contributed by atoms with Crippen LogP contribution in [0.3, 0.4) is 0 Å². The summed E-state index contributed by atoms with van der Waals surface area (Å²) in [6.07, 6.45) is -2.71. The van der Waals surface area contributed by atoms with Gasteiger partial charge in [-0.1, -0.05) is 6.07 Å². The quantitative estimate of drug-likeness (QED) is 0.417. The molecule has 0 aliphatic carbocycles. The Hall–Kier alpha value is -3.54. The molecule has 1 saturated heterocycles. The first-order valence-corrected chi connectivity index (χ1v) is 10.6. The summed E-state index contributed by atoms with van der Waals surface area (Å²) < 4.78 is 53.9. The van der Waals surface area contributed by atoms with E-state index in [1.54, 1.807) is 24.0 Å². The molecule has 1 amide bonds. The minimum absolute atomic E-state index is 0.0672. The van der Waals surface area contributed by atoms with Crippen molar-refractivity contribution in [2.45, 2.75) is 19.9 Å². The van der Waals surface area contributed by atoms with Crippen molar-refractivity contribution in [2.75, 3.05) is 37.6 Å². The highest BCUT2D eigenvalue weighted by Crippen LogP contribution is 2.22. The van der Waals surface area contributed by atoms with Crippen LogP contribution in [0.1, 0.15) is 21.7 Å². The van der Waals surface area contributed by atoms with Crippen LogP contribution in [0.2, 0.25) is 0 Å². The van der Waals surface area contributed by atoms with Crippen molar-refractivity contribution in [3.8, 4) is 0 Å². The molecular weight excluding hydrogens is 456 g/mol. The maximum Gasteiger partial charge on any atom is 0.270 e. The summed E-state index contributed by atoms with van der Waals surface area (Å²) in [5.41, 5.74) is 0.588. The van der Waals surface area contributed by atoms with Crippen LogP contribution in [0.4, 0.5) is 23.2 Å². The van der Waals surface area contributed by atoms with Crippen LogP contribution in [0.25, 0.3) is 11.0 Å². The summed E-state index contributed by atoms with van der Waals surface area (Å²) in [5, 5.41) is 1.98. The average molecular weight is 478 g/mol. The summed E-state index contributed by atoms with van der Waals surface area (Å²) in [6, 6.07) is 5.97. The highest BCUT2D eigenvalue weighted by atomic mass is 19.3. The number of nitrogens with one attached hydrogen (secondary N) is 2. The van der Waals surface area contributed by atoms with E-state index in [1.807, 2.05) is 10.2 Å². The number of aromatic amines is 1. The molecule has 8 nitrogen and oxygen atoms in total. The van der Waals surface area contributed by atoms with Gasteiger partial charge >= 0.3 is 0 Å². The summed E-state index contributed by atoms with van der Waals surface area (Å²) >= 11 is 0. The molecule has 0 spiro atoms. The fraction of sp³-hybridized carbons (Fsp3) is 0.364. The third-order valence-corrected chi connectivity index (χ3v) is 5.64. The maximum atomic E-state index is 15.0. The van der Waals surface area contributed by atoms with Crippen molar-refractivity contribution in [3.05, 3.63) is 63.3 Å². The molecule has 180 valence electrons. The average Bonchev–Trinajstić information content (AvgIpc) is 2.81. The number of aromatic nitrogens is 3. The van der Waals surface area contributed by atoms with E-state index in [-0.39, 0.29) is 22.6 Å². The van der Waals surface area contributed by atoms with Gasteiger partial charge in [-0.05, 0) is 25.1 Å². The number of anilines is 1. The molecule has 1 fully saturated rings. The van der Waals surface area contributed by atoms with E-state index >= 15 is 0 Å². The van der Waals surface area contributed by atoms with E-state index in [1.165, 1.54) is 12.1 Å². The van der Waals surface area contributed by atoms with Gasteiger partial charge in [0.25, 0.3) is 17.9 Å². The first kappa shape index (κ1) is 23.6. The molecule has 0 bridgehead atoms. The second-order valence-electron chi connectivity index (χ2n) is 7.95. The number of pyridine rings is 1. The zero-order valence-electron chi connectivity index (χ0n) is 18.2. The van der Waals surface area contributed by atoms with E-state index < -0.39 is 36.2 Å². The lowest BCUT2D eigenvalue weighted by Gasteiger charge is -2.36. The largest absolute Gasteiger partial charge is 0.365 e. The number of hydrogen-bond donors (Lipinski definition) is 2. The number of aryl methyl sites for hydroxylation is 1. The molecule has 1 aliphatic heterocycles. The second kappa shape index (κ2) is 9.75. The van der Waals surface area contributed by atoms with Gasteiger partial charge < -0.3 is 15.2 Å². The number of rotatable bonds is 6. The van der Waals surface area contributed by atoms with Gasteiger partial charge in [0.05, 0.1) is 17.7 Å². The van der Waals surface area contributed by atoms with Gasteiger partial charge in [-0.25, -0.2) is 23.1 Å². The Morgan fingerprint density at radius 2 is 1.85 bits per heavy atom. The van der Waals surface area contributed by atoms with Gasteiger partial charge in [-0.15, -0.1) is 0 Å². The van der Waals surface area contributed by atoms with Gasteiger partial charge in [0, 0.05) is 38.3 Å². The number of nitrogens with zero attached hydrogens (tertiary/aromatic N) is 4. The normalized spacial score (nSPS) is 14.7. The number of fused-ring (bicyclic) bond motifs is 1. The third kappa shape index (κ3) is 5.01. The Morgan fingerprint density at radius 3 is 2.53 bits per heavy atom. The van der Waals surface area contributed by atoms with Gasteiger partial charge in [0.1, 0.15) is 16.9 Å². The zero-order chi connectivity index (χ0) is 24.4. The lowest BCUT2D eigenvalue weighted by atomic mass is 10.1. The van der Waals surface area contributed by atoms with E-state index in [2.05, 4.69) is 15.0 Å². The Morgan fingerprint density at radius 1 is 1.12 bits per heavy atom. The SMILES string of the molecule is Cc1nc2ccc(CN3CCN(c4ccc(C(=O)NCC(F)F)nc4F)CC3)c(F)c2[nH]c1=O. The fourth-order valence-corrected chi connectivity index (χ4v) is 3.82. The van der Waals surface area contributed by atoms with Crippen molar-refractivity contribution in [3.63, 3.8) is 0 Å². The number of benzene rings is 1. The lowest BCUT2D eigenvalue weighted by molar-refractivity contribution is 0.0886. The van der Waals surface area contributed by atoms with Crippen LogP contribution in [-0.4, -0.2) is 64.9 Å². The molecule has 2 N–H and O–H groups in total. The van der Waals surface area contributed by atoms with E-state index in [0.29, 0.717) is 43.8 Å². The monoisotopic (exact) mass is 478 g/mol. The number of amides is 1.